The van der Waals surface area contributed by atoms with E-state index in [0.29, 0.717) is 10.7 Å². The van der Waals surface area contributed by atoms with Gasteiger partial charge in [0.15, 0.2) is 5.11 Å². The number of hydrogen-bond donors (Lipinski definition) is 3. The van der Waals surface area contributed by atoms with Crippen molar-refractivity contribution < 1.29 is 0 Å². The third kappa shape index (κ3) is 5.84. The van der Waals surface area contributed by atoms with Crippen LogP contribution < -0.4 is 16.6 Å². The summed E-state index contributed by atoms with van der Waals surface area (Å²) >= 11 is 10.4. The fraction of sp³-hybridized carbons (Fsp3) is 0.100. The van der Waals surface area contributed by atoms with Crippen LogP contribution in [0.5, 0.6) is 0 Å². The van der Waals surface area contributed by atoms with E-state index < -0.39 is 0 Å². The maximum atomic E-state index is 5.75. The molecule has 0 radical (unpaired) electrons. The van der Waals surface area contributed by atoms with Crippen molar-refractivity contribution >= 4 is 46.5 Å². The van der Waals surface area contributed by atoms with Gasteiger partial charge < -0.3 is 5.73 Å². The van der Waals surface area contributed by atoms with Crippen LogP contribution in [0.4, 0.5) is 5.69 Å². The van der Waals surface area contributed by atoms with Gasteiger partial charge in [-0.25, -0.2) is 0 Å². The average Bonchev–Trinajstić information content (AvgIpc) is 2.29. The standard InChI is InChI=1S/C10H12ClN5S/c1-7(14-16-10(12)17)6-13-15-9-4-2-8(11)3-5-9/h2-6,15H,1H3,(H3,12,16,17)/b13-6-,14-7-. The number of anilines is 1. The maximum Gasteiger partial charge on any atom is 0.184 e. The number of rotatable bonds is 4. The van der Waals surface area contributed by atoms with Gasteiger partial charge in [0.05, 0.1) is 17.6 Å². The number of nitrogens with two attached hydrogens (primary N) is 1. The Morgan fingerprint density at radius 2 is 2.06 bits per heavy atom. The van der Waals surface area contributed by atoms with Crippen LogP contribution in [0.25, 0.3) is 0 Å². The Balaban J connectivity index is 2.47. The molecule has 0 aliphatic heterocycles. The van der Waals surface area contributed by atoms with Gasteiger partial charge in [-0.3, -0.25) is 10.9 Å². The molecule has 0 saturated heterocycles. The smallest absolute Gasteiger partial charge is 0.184 e. The lowest BCUT2D eigenvalue weighted by Gasteiger charge is -1.99. The summed E-state index contributed by atoms with van der Waals surface area (Å²) < 4.78 is 0. The van der Waals surface area contributed by atoms with Crippen LogP contribution in [0.3, 0.4) is 0 Å². The minimum Gasteiger partial charge on any atom is -0.375 e. The van der Waals surface area contributed by atoms with Crippen LogP contribution in [-0.2, 0) is 0 Å². The van der Waals surface area contributed by atoms with Crippen molar-refractivity contribution in [3.05, 3.63) is 29.3 Å². The largest absolute Gasteiger partial charge is 0.375 e. The fourth-order valence-electron chi connectivity index (χ4n) is 0.897. The van der Waals surface area contributed by atoms with Crippen molar-refractivity contribution in [2.45, 2.75) is 6.92 Å². The van der Waals surface area contributed by atoms with E-state index in [-0.39, 0.29) is 5.11 Å². The molecule has 1 aromatic carbocycles. The highest BCUT2D eigenvalue weighted by atomic mass is 35.5. The normalized spacial score (nSPS) is 11.5. The molecule has 17 heavy (non-hydrogen) atoms. The summed E-state index contributed by atoms with van der Waals surface area (Å²) in [6, 6.07) is 7.18. The van der Waals surface area contributed by atoms with Crippen molar-refractivity contribution in [1.29, 1.82) is 0 Å². The topological polar surface area (TPSA) is 74.8 Å². The highest BCUT2D eigenvalue weighted by Gasteiger charge is 1.90. The highest BCUT2D eigenvalue weighted by Crippen LogP contribution is 2.12. The summed E-state index contributed by atoms with van der Waals surface area (Å²) in [5.41, 5.74) is 12.0. The lowest BCUT2D eigenvalue weighted by molar-refractivity contribution is 1.03. The van der Waals surface area contributed by atoms with Crippen LogP contribution in [0.1, 0.15) is 6.92 Å². The zero-order chi connectivity index (χ0) is 12.7. The third-order valence-electron chi connectivity index (χ3n) is 1.63. The zero-order valence-electron chi connectivity index (χ0n) is 9.14. The van der Waals surface area contributed by atoms with Crippen LogP contribution in [0, 0.1) is 0 Å². The lowest BCUT2D eigenvalue weighted by atomic mass is 10.3. The Hall–Kier alpha value is -1.66. The van der Waals surface area contributed by atoms with E-state index in [1.807, 2.05) is 12.1 Å². The fourth-order valence-corrected chi connectivity index (χ4v) is 1.07. The Morgan fingerprint density at radius 1 is 1.41 bits per heavy atom. The van der Waals surface area contributed by atoms with Crippen LogP contribution in [0.15, 0.2) is 34.5 Å². The molecule has 7 heteroatoms. The molecule has 0 fully saturated rings. The van der Waals surface area contributed by atoms with Crippen molar-refractivity contribution in [1.82, 2.24) is 5.43 Å². The monoisotopic (exact) mass is 269 g/mol. The van der Waals surface area contributed by atoms with E-state index in [9.17, 15) is 0 Å². The number of nitrogens with one attached hydrogen (secondary N) is 2. The number of hydrogen-bond acceptors (Lipinski definition) is 4. The third-order valence-corrected chi connectivity index (χ3v) is 1.97. The van der Waals surface area contributed by atoms with Crippen LogP contribution >= 0.6 is 23.8 Å². The second kappa shape index (κ2) is 6.82. The van der Waals surface area contributed by atoms with Gasteiger partial charge in [-0.1, -0.05) is 11.6 Å². The van der Waals surface area contributed by atoms with Gasteiger partial charge in [0, 0.05) is 5.02 Å². The van der Waals surface area contributed by atoms with E-state index in [1.165, 1.54) is 0 Å². The summed E-state index contributed by atoms with van der Waals surface area (Å²) in [6.07, 6.45) is 1.54. The first-order chi connectivity index (χ1) is 8.08. The Labute approximate surface area is 110 Å². The van der Waals surface area contributed by atoms with E-state index in [2.05, 4.69) is 33.3 Å². The number of hydrazone groups is 2. The van der Waals surface area contributed by atoms with Gasteiger partial charge in [-0.05, 0) is 43.4 Å². The molecular weight excluding hydrogens is 258 g/mol. The molecule has 1 aromatic rings. The maximum absolute atomic E-state index is 5.75. The second-order valence-corrected chi connectivity index (χ2v) is 3.98. The first kappa shape index (κ1) is 13.4. The quantitative estimate of drug-likeness (QED) is 0.444. The first-order valence-corrected chi connectivity index (χ1v) is 5.51. The predicted octanol–water partition coefficient (Wildman–Crippen LogP) is 1.95. The van der Waals surface area contributed by atoms with Crippen LogP contribution in [0.2, 0.25) is 5.02 Å². The second-order valence-electron chi connectivity index (χ2n) is 3.11. The molecule has 0 aliphatic carbocycles. The van der Waals surface area contributed by atoms with Gasteiger partial charge in [0.2, 0.25) is 0 Å². The number of thiocarbonyl (C=S) groups is 1. The summed E-state index contributed by atoms with van der Waals surface area (Å²) in [5.74, 6) is 0. The summed E-state index contributed by atoms with van der Waals surface area (Å²) in [5, 5.41) is 8.63. The summed E-state index contributed by atoms with van der Waals surface area (Å²) in [7, 11) is 0. The van der Waals surface area contributed by atoms with E-state index in [0.717, 1.165) is 5.69 Å². The van der Waals surface area contributed by atoms with Gasteiger partial charge in [0.1, 0.15) is 0 Å². The molecule has 1 rings (SSSR count). The lowest BCUT2D eigenvalue weighted by Crippen LogP contribution is -2.25. The molecule has 90 valence electrons. The predicted molar refractivity (Wildman–Crippen MR) is 76.6 cm³/mol. The molecule has 0 bridgehead atoms. The SMILES string of the molecule is CC(/C=N\Nc1ccc(Cl)cc1)=N/NC(N)=S. The summed E-state index contributed by atoms with van der Waals surface area (Å²) in [6.45, 7) is 1.76. The van der Waals surface area contributed by atoms with Gasteiger partial charge in [0.25, 0.3) is 0 Å². The van der Waals surface area contributed by atoms with Gasteiger partial charge >= 0.3 is 0 Å². The molecule has 0 aliphatic rings. The van der Waals surface area contributed by atoms with Gasteiger partial charge in [-0.2, -0.15) is 10.2 Å². The van der Waals surface area contributed by atoms with Crippen molar-refractivity contribution in [2.75, 3.05) is 5.43 Å². The highest BCUT2D eigenvalue weighted by molar-refractivity contribution is 7.80. The Kier molecular flexibility index (Phi) is 5.38. The number of halogens is 1. The van der Waals surface area contributed by atoms with Crippen molar-refractivity contribution in [3.63, 3.8) is 0 Å². The summed E-state index contributed by atoms with van der Waals surface area (Å²) in [4.78, 5) is 0. The average molecular weight is 270 g/mol. The molecule has 5 nitrogen and oxygen atoms in total. The first-order valence-electron chi connectivity index (χ1n) is 4.72. The van der Waals surface area contributed by atoms with Gasteiger partial charge in [-0.15, -0.1) is 0 Å². The van der Waals surface area contributed by atoms with E-state index >= 15 is 0 Å². The molecule has 0 saturated carbocycles. The number of benzene rings is 1. The molecular formula is C10H12ClN5S. The van der Waals surface area contributed by atoms with E-state index in [1.54, 1.807) is 25.3 Å². The molecule has 0 aromatic heterocycles. The molecule has 0 atom stereocenters. The minimum absolute atomic E-state index is 0.114. The molecule has 0 heterocycles. The molecule has 0 spiro atoms. The minimum atomic E-state index is 0.114. The molecule has 0 unspecified atom stereocenters. The van der Waals surface area contributed by atoms with Crippen molar-refractivity contribution in [2.24, 2.45) is 15.9 Å². The van der Waals surface area contributed by atoms with Crippen LogP contribution in [-0.4, -0.2) is 17.0 Å². The molecule has 4 N–H and O–H groups in total. The van der Waals surface area contributed by atoms with Crippen molar-refractivity contribution in [3.8, 4) is 0 Å². The van der Waals surface area contributed by atoms with E-state index in [4.69, 9.17) is 17.3 Å². The number of nitrogens with zero attached hydrogens (tertiary/aromatic N) is 2. The zero-order valence-corrected chi connectivity index (χ0v) is 10.7. The molecule has 0 amide bonds. The Bertz CT molecular complexity index is 441. The Morgan fingerprint density at radius 3 is 2.65 bits per heavy atom.